The van der Waals surface area contributed by atoms with Crippen molar-refractivity contribution in [3.63, 3.8) is 0 Å². The Hall–Kier alpha value is -1.64. The van der Waals surface area contributed by atoms with Gasteiger partial charge in [-0.25, -0.2) is 0 Å². The topological polar surface area (TPSA) is 43.1 Å². The van der Waals surface area contributed by atoms with Crippen LogP contribution >= 0.6 is 0 Å². The highest BCUT2D eigenvalue weighted by atomic mass is 16.6. The Labute approximate surface area is 70.5 Å². The summed E-state index contributed by atoms with van der Waals surface area (Å²) in [4.78, 5) is 9.91. The summed E-state index contributed by atoms with van der Waals surface area (Å²) < 4.78 is 0. The van der Waals surface area contributed by atoms with Crippen LogP contribution in [0.25, 0.3) is 0 Å². The standard InChI is InChI=1S/C9H8NO2/c1-2-4-8-5-3-6-9(7-8)10(11)12/h2-3,6-7H,1,4H2. The van der Waals surface area contributed by atoms with Gasteiger partial charge >= 0.3 is 0 Å². The fourth-order valence-corrected chi connectivity index (χ4v) is 0.889. The number of nitro groups is 1. The predicted octanol–water partition coefficient (Wildman–Crippen LogP) is 2.12. The molecule has 3 nitrogen and oxygen atoms in total. The van der Waals surface area contributed by atoms with E-state index in [1.54, 1.807) is 12.1 Å². The van der Waals surface area contributed by atoms with Crippen molar-refractivity contribution < 1.29 is 4.92 Å². The average molecular weight is 162 g/mol. The summed E-state index contributed by atoms with van der Waals surface area (Å²) >= 11 is 0. The Morgan fingerprint density at radius 1 is 1.75 bits per heavy atom. The van der Waals surface area contributed by atoms with E-state index >= 15 is 0 Å². The molecule has 0 aromatic heterocycles. The van der Waals surface area contributed by atoms with Gasteiger partial charge in [0.05, 0.1) is 4.92 Å². The zero-order chi connectivity index (χ0) is 8.97. The Morgan fingerprint density at radius 3 is 3.08 bits per heavy atom. The molecule has 0 saturated carbocycles. The number of hydrogen-bond donors (Lipinski definition) is 0. The number of nitro benzene ring substituents is 1. The van der Waals surface area contributed by atoms with E-state index in [4.69, 9.17) is 0 Å². The number of rotatable bonds is 3. The number of non-ortho nitro benzene ring substituents is 1. The number of nitrogens with zero attached hydrogens (tertiary/aromatic N) is 1. The largest absolute Gasteiger partial charge is 0.269 e. The summed E-state index contributed by atoms with van der Waals surface area (Å²) in [5, 5.41) is 10.3. The maximum atomic E-state index is 10.3. The third-order valence-electron chi connectivity index (χ3n) is 1.42. The van der Waals surface area contributed by atoms with Crippen molar-refractivity contribution in [3.05, 3.63) is 52.6 Å². The van der Waals surface area contributed by atoms with Crippen LogP contribution in [0.15, 0.2) is 30.9 Å². The van der Waals surface area contributed by atoms with E-state index in [9.17, 15) is 10.1 Å². The Morgan fingerprint density at radius 2 is 2.50 bits per heavy atom. The summed E-state index contributed by atoms with van der Waals surface area (Å²) in [7, 11) is 0. The Balaban J connectivity index is 2.95. The molecule has 0 aliphatic carbocycles. The Bertz CT molecular complexity index is 307. The van der Waals surface area contributed by atoms with E-state index in [0.717, 1.165) is 5.56 Å². The van der Waals surface area contributed by atoms with Crippen LogP contribution in [0.1, 0.15) is 5.56 Å². The molecule has 0 atom stereocenters. The van der Waals surface area contributed by atoms with E-state index in [-0.39, 0.29) is 5.69 Å². The van der Waals surface area contributed by atoms with Crippen LogP contribution in [0, 0.1) is 16.2 Å². The minimum atomic E-state index is -0.416. The second-order valence-corrected chi connectivity index (χ2v) is 2.32. The molecule has 0 spiro atoms. The predicted molar refractivity (Wildman–Crippen MR) is 45.8 cm³/mol. The van der Waals surface area contributed by atoms with Crippen LogP contribution in [0.4, 0.5) is 5.69 Å². The molecule has 0 aliphatic heterocycles. The van der Waals surface area contributed by atoms with Crippen molar-refractivity contribution in [1.82, 2.24) is 0 Å². The first-order valence-corrected chi connectivity index (χ1v) is 3.50. The van der Waals surface area contributed by atoms with E-state index in [2.05, 4.69) is 12.6 Å². The minimum absolute atomic E-state index is 0.102. The number of hydrogen-bond acceptors (Lipinski definition) is 2. The SMILES string of the molecule is C=CCc1[c]ccc([N+](=O)[O-])c1. The summed E-state index contributed by atoms with van der Waals surface area (Å²) in [5.74, 6) is 0. The van der Waals surface area contributed by atoms with Crippen LogP contribution in [0.3, 0.4) is 0 Å². The van der Waals surface area contributed by atoms with Crippen LogP contribution in [0.5, 0.6) is 0 Å². The molecular weight excluding hydrogens is 154 g/mol. The van der Waals surface area contributed by atoms with Gasteiger partial charge in [-0.05, 0) is 24.1 Å². The molecular formula is C9H8NO2. The number of allylic oxidation sites excluding steroid dienone is 1. The zero-order valence-corrected chi connectivity index (χ0v) is 6.49. The van der Waals surface area contributed by atoms with Gasteiger partial charge in [-0.2, -0.15) is 0 Å². The van der Waals surface area contributed by atoms with Gasteiger partial charge in [0.15, 0.2) is 0 Å². The first-order valence-electron chi connectivity index (χ1n) is 3.50. The molecule has 0 unspecified atom stereocenters. The molecule has 1 rings (SSSR count). The van der Waals surface area contributed by atoms with Crippen molar-refractivity contribution in [2.75, 3.05) is 0 Å². The van der Waals surface area contributed by atoms with Crippen molar-refractivity contribution in [3.8, 4) is 0 Å². The highest BCUT2D eigenvalue weighted by Gasteiger charge is 2.03. The van der Waals surface area contributed by atoms with Crippen molar-refractivity contribution in [2.45, 2.75) is 6.42 Å². The third-order valence-corrected chi connectivity index (χ3v) is 1.42. The molecule has 0 heterocycles. The van der Waals surface area contributed by atoms with Crippen molar-refractivity contribution in [1.29, 1.82) is 0 Å². The van der Waals surface area contributed by atoms with Gasteiger partial charge in [0.2, 0.25) is 0 Å². The quantitative estimate of drug-likeness (QED) is 0.388. The summed E-state index contributed by atoms with van der Waals surface area (Å²) in [5.41, 5.74) is 0.893. The lowest BCUT2D eigenvalue weighted by Crippen LogP contribution is -1.89. The van der Waals surface area contributed by atoms with E-state index in [1.807, 2.05) is 0 Å². The lowest BCUT2D eigenvalue weighted by molar-refractivity contribution is -0.384. The zero-order valence-electron chi connectivity index (χ0n) is 6.49. The molecule has 61 valence electrons. The second-order valence-electron chi connectivity index (χ2n) is 2.32. The van der Waals surface area contributed by atoms with Crippen LogP contribution < -0.4 is 0 Å². The summed E-state index contributed by atoms with van der Waals surface area (Å²) in [6.07, 6.45) is 2.30. The third kappa shape index (κ3) is 1.92. The highest BCUT2D eigenvalue weighted by molar-refractivity contribution is 5.34. The van der Waals surface area contributed by atoms with Gasteiger partial charge in [-0.15, -0.1) is 6.58 Å². The van der Waals surface area contributed by atoms with Gasteiger partial charge in [-0.1, -0.05) is 6.08 Å². The minimum Gasteiger partial charge on any atom is -0.258 e. The Kier molecular flexibility index (Phi) is 2.58. The molecule has 0 bridgehead atoms. The fourth-order valence-electron chi connectivity index (χ4n) is 0.889. The normalized spacial score (nSPS) is 9.33. The van der Waals surface area contributed by atoms with Crippen LogP contribution in [-0.2, 0) is 6.42 Å². The molecule has 1 aromatic rings. The van der Waals surface area contributed by atoms with Gasteiger partial charge < -0.3 is 0 Å². The molecule has 12 heavy (non-hydrogen) atoms. The molecule has 1 radical (unpaired) electrons. The summed E-state index contributed by atoms with van der Waals surface area (Å²) in [6, 6.07) is 7.37. The maximum Gasteiger partial charge on any atom is 0.269 e. The second kappa shape index (κ2) is 3.67. The van der Waals surface area contributed by atoms with Gasteiger partial charge in [0.1, 0.15) is 0 Å². The van der Waals surface area contributed by atoms with Crippen molar-refractivity contribution >= 4 is 5.69 Å². The van der Waals surface area contributed by atoms with Gasteiger partial charge in [-0.3, -0.25) is 10.1 Å². The van der Waals surface area contributed by atoms with Crippen LogP contribution in [0.2, 0.25) is 0 Å². The molecule has 3 heteroatoms. The van der Waals surface area contributed by atoms with E-state index in [1.165, 1.54) is 12.1 Å². The summed E-state index contributed by atoms with van der Waals surface area (Å²) in [6.45, 7) is 3.54. The lowest BCUT2D eigenvalue weighted by atomic mass is 10.1. The smallest absolute Gasteiger partial charge is 0.258 e. The lowest BCUT2D eigenvalue weighted by Gasteiger charge is -1.94. The molecule has 0 saturated heterocycles. The van der Waals surface area contributed by atoms with E-state index < -0.39 is 4.92 Å². The maximum absolute atomic E-state index is 10.3. The molecule has 0 aliphatic rings. The molecule has 0 fully saturated rings. The molecule has 0 N–H and O–H groups in total. The first-order chi connectivity index (χ1) is 5.74. The van der Waals surface area contributed by atoms with Crippen LogP contribution in [-0.4, -0.2) is 4.92 Å². The molecule has 0 amide bonds. The first kappa shape index (κ1) is 8.46. The van der Waals surface area contributed by atoms with E-state index in [0.29, 0.717) is 6.42 Å². The molecule has 1 aromatic carbocycles. The number of benzene rings is 1. The average Bonchev–Trinajstić information content (AvgIpc) is 2.05. The van der Waals surface area contributed by atoms with Gasteiger partial charge in [0, 0.05) is 12.1 Å². The van der Waals surface area contributed by atoms with Gasteiger partial charge in [0.25, 0.3) is 5.69 Å². The monoisotopic (exact) mass is 162 g/mol. The fraction of sp³-hybridized carbons (Fsp3) is 0.111. The van der Waals surface area contributed by atoms with Crippen molar-refractivity contribution in [2.24, 2.45) is 0 Å². The highest BCUT2D eigenvalue weighted by Crippen LogP contribution is 2.12.